The van der Waals surface area contributed by atoms with E-state index in [1.165, 1.54) is 0 Å². The molecular weight excluding hydrogens is 226 g/mol. The summed E-state index contributed by atoms with van der Waals surface area (Å²) in [6.07, 6.45) is 0.813. The van der Waals surface area contributed by atoms with Gasteiger partial charge in [0.2, 0.25) is 0 Å². The number of aliphatic carboxylic acids is 1. The molecule has 1 amide bonds. The minimum absolute atomic E-state index is 0.143. The molecule has 2 saturated heterocycles. The largest absolute Gasteiger partial charge is 0.481 e. The van der Waals surface area contributed by atoms with E-state index < -0.39 is 18.0 Å². The van der Waals surface area contributed by atoms with Gasteiger partial charge in [0.25, 0.3) is 5.91 Å². The monoisotopic (exact) mass is 243 g/mol. The molecule has 0 aromatic carbocycles. The van der Waals surface area contributed by atoms with Crippen molar-refractivity contribution in [3.8, 4) is 0 Å². The molecule has 0 aliphatic carbocycles. The van der Waals surface area contributed by atoms with Crippen molar-refractivity contribution in [1.29, 1.82) is 0 Å². The van der Waals surface area contributed by atoms with Gasteiger partial charge in [-0.25, -0.2) is 0 Å². The Morgan fingerprint density at radius 2 is 2.12 bits per heavy atom. The first-order valence-corrected chi connectivity index (χ1v) is 5.89. The second kappa shape index (κ2) is 5.46. The minimum atomic E-state index is -0.830. The van der Waals surface area contributed by atoms with E-state index in [1.54, 1.807) is 4.90 Å². The molecule has 1 N–H and O–H groups in total. The molecule has 2 fully saturated rings. The van der Waals surface area contributed by atoms with Crippen LogP contribution in [-0.4, -0.2) is 60.9 Å². The van der Waals surface area contributed by atoms with E-state index in [2.05, 4.69) is 0 Å². The maximum atomic E-state index is 12.0. The Morgan fingerprint density at radius 1 is 1.29 bits per heavy atom. The Hall–Kier alpha value is -1.14. The fourth-order valence-electron chi connectivity index (χ4n) is 2.21. The van der Waals surface area contributed by atoms with Crippen molar-refractivity contribution in [3.63, 3.8) is 0 Å². The number of rotatable bonds is 2. The fraction of sp³-hybridized carbons (Fsp3) is 0.818. The van der Waals surface area contributed by atoms with Crippen LogP contribution in [0.3, 0.4) is 0 Å². The van der Waals surface area contributed by atoms with Crippen molar-refractivity contribution in [2.75, 3.05) is 32.9 Å². The Balaban J connectivity index is 1.91. The molecule has 6 heteroatoms. The molecule has 2 atom stereocenters. The first-order valence-electron chi connectivity index (χ1n) is 5.89. The third-order valence-electron chi connectivity index (χ3n) is 3.17. The van der Waals surface area contributed by atoms with Gasteiger partial charge in [0.1, 0.15) is 0 Å². The lowest BCUT2D eigenvalue weighted by atomic mass is 9.98. The third kappa shape index (κ3) is 2.95. The number of hydrogen-bond donors (Lipinski definition) is 1. The van der Waals surface area contributed by atoms with Crippen LogP contribution in [0, 0.1) is 5.92 Å². The molecule has 0 saturated carbocycles. The fourth-order valence-corrected chi connectivity index (χ4v) is 2.21. The van der Waals surface area contributed by atoms with Crippen molar-refractivity contribution >= 4 is 11.9 Å². The quantitative estimate of drug-likeness (QED) is 0.722. The number of carboxylic acids is 1. The standard InChI is InChI=1S/C11H17NO5/c13-10(9-7-16-4-5-17-9)12-3-1-2-8(6-12)11(14)15/h8-9H,1-7H2,(H,14,15)/t8-,9-/m1/s1. The number of carbonyl (C=O) groups excluding carboxylic acids is 1. The van der Waals surface area contributed by atoms with Gasteiger partial charge < -0.3 is 19.5 Å². The Bertz CT molecular complexity index is 300. The van der Waals surface area contributed by atoms with Crippen LogP contribution in [0.15, 0.2) is 0 Å². The van der Waals surface area contributed by atoms with Gasteiger partial charge >= 0.3 is 5.97 Å². The molecule has 2 heterocycles. The van der Waals surface area contributed by atoms with E-state index in [-0.39, 0.29) is 19.1 Å². The molecule has 2 rings (SSSR count). The summed E-state index contributed by atoms with van der Waals surface area (Å²) >= 11 is 0. The highest BCUT2D eigenvalue weighted by atomic mass is 16.6. The molecule has 0 unspecified atom stereocenters. The van der Waals surface area contributed by atoms with Crippen LogP contribution < -0.4 is 0 Å². The summed E-state index contributed by atoms with van der Waals surface area (Å²) in [6.45, 7) is 2.11. The smallest absolute Gasteiger partial charge is 0.308 e. The van der Waals surface area contributed by atoms with Gasteiger partial charge in [0.15, 0.2) is 6.10 Å². The molecule has 96 valence electrons. The molecule has 6 nitrogen and oxygen atoms in total. The lowest BCUT2D eigenvalue weighted by molar-refractivity contribution is -0.161. The van der Waals surface area contributed by atoms with Gasteiger partial charge in [-0.1, -0.05) is 0 Å². The molecule has 0 aromatic rings. The number of carbonyl (C=O) groups is 2. The van der Waals surface area contributed by atoms with Gasteiger partial charge in [-0.3, -0.25) is 9.59 Å². The summed E-state index contributed by atoms with van der Waals surface area (Å²) in [7, 11) is 0. The molecular formula is C11H17NO5. The normalized spacial score (nSPS) is 30.0. The topological polar surface area (TPSA) is 76.1 Å². The predicted octanol–water partition coefficient (Wildman–Crippen LogP) is -0.275. The van der Waals surface area contributed by atoms with Crippen molar-refractivity contribution in [1.82, 2.24) is 4.90 Å². The lowest BCUT2D eigenvalue weighted by Crippen LogP contribution is -2.49. The molecule has 0 radical (unpaired) electrons. The third-order valence-corrected chi connectivity index (χ3v) is 3.17. The first kappa shape index (κ1) is 12.3. The van der Waals surface area contributed by atoms with E-state index in [0.717, 1.165) is 6.42 Å². The minimum Gasteiger partial charge on any atom is -0.481 e. The second-order valence-corrected chi connectivity index (χ2v) is 4.40. The Morgan fingerprint density at radius 3 is 2.76 bits per heavy atom. The van der Waals surface area contributed by atoms with Crippen molar-refractivity contribution in [3.05, 3.63) is 0 Å². The van der Waals surface area contributed by atoms with Crippen LogP contribution in [0.2, 0.25) is 0 Å². The summed E-state index contributed by atoms with van der Waals surface area (Å²) in [4.78, 5) is 24.5. The van der Waals surface area contributed by atoms with E-state index in [0.29, 0.717) is 26.2 Å². The highest BCUT2D eigenvalue weighted by Crippen LogP contribution is 2.18. The molecule has 17 heavy (non-hydrogen) atoms. The van der Waals surface area contributed by atoms with Gasteiger partial charge in [0.05, 0.1) is 25.7 Å². The Labute approximate surface area is 99.5 Å². The number of ether oxygens (including phenoxy) is 2. The van der Waals surface area contributed by atoms with Gasteiger partial charge in [-0.05, 0) is 12.8 Å². The maximum absolute atomic E-state index is 12.0. The van der Waals surface area contributed by atoms with Crippen molar-refractivity contribution in [2.24, 2.45) is 5.92 Å². The van der Waals surface area contributed by atoms with Gasteiger partial charge in [-0.2, -0.15) is 0 Å². The van der Waals surface area contributed by atoms with Crippen LogP contribution in [-0.2, 0) is 19.1 Å². The highest BCUT2D eigenvalue weighted by Gasteiger charge is 2.33. The van der Waals surface area contributed by atoms with Gasteiger partial charge in [-0.15, -0.1) is 0 Å². The van der Waals surface area contributed by atoms with E-state index >= 15 is 0 Å². The first-order chi connectivity index (χ1) is 8.18. The van der Waals surface area contributed by atoms with E-state index in [1.807, 2.05) is 0 Å². The summed E-state index contributed by atoms with van der Waals surface area (Å²) in [6, 6.07) is 0. The molecule has 0 aromatic heterocycles. The zero-order valence-electron chi connectivity index (χ0n) is 9.63. The van der Waals surface area contributed by atoms with E-state index in [9.17, 15) is 9.59 Å². The number of amides is 1. The SMILES string of the molecule is O=C(O)[C@@H]1CCCN(C(=O)[C@H]2COCCO2)C1. The Kier molecular flexibility index (Phi) is 3.96. The number of piperidine rings is 1. The zero-order valence-corrected chi connectivity index (χ0v) is 9.63. The lowest BCUT2D eigenvalue weighted by Gasteiger charge is -2.34. The summed E-state index contributed by atoms with van der Waals surface area (Å²) < 4.78 is 10.5. The van der Waals surface area contributed by atoms with Crippen LogP contribution in [0.4, 0.5) is 0 Å². The molecule has 0 spiro atoms. The predicted molar refractivity (Wildman–Crippen MR) is 57.5 cm³/mol. The number of hydrogen-bond acceptors (Lipinski definition) is 4. The molecule has 0 bridgehead atoms. The second-order valence-electron chi connectivity index (χ2n) is 4.40. The molecule has 2 aliphatic heterocycles. The summed E-state index contributed by atoms with van der Waals surface area (Å²) in [5, 5.41) is 8.95. The van der Waals surface area contributed by atoms with E-state index in [4.69, 9.17) is 14.6 Å². The highest BCUT2D eigenvalue weighted by molar-refractivity contribution is 5.82. The number of likely N-dealkylation sites (tertiary alicyclic amines) is 1. The van der Waals surface area contributed by atoms with Crippen LogP contribution in [0.25, 0.3) is 0 Å². The summed E-state index contributed by atoms with van der Waals surface area (Å²) in [5.74, 6) is -1.42. The van der Waals surface area contributed by atoms with Crippen LogP contribution in [0.5, 0.6) is 0 Å². The average molecular weight is 243 g/mol. The van der Waals surface area contributed by atoms with Crippen LogP contribution in [0.1, 0.15) is 12.8 Å². The summed E-state index contributed by atoms with van der Waals surface area (Å²) in [5.41, 5.74) is 0. The number of nitrogens with zero attached hydrogens (tertiary/aromatic N) is 1. The van der Waals surface area contributed by atoms with Crippen molar-refractivity contribution in [2.45, 2.75) is 18.9 Å². The maximum Gasteiger partial charge on any atom is 0.308 e. The number of carboxylic acid groups (broad SMARTS) is 1. The van der Waals surface area contributed by atoms with Crippen LogP contribution >= 0.6 is 0 Å². The molecule has 2 aliphatic rings. The van der Waals surface area contributed by atoms with Gasteiger partial charge in [0, 0.05) is 13.1 Å². The van der Waals surface area contributed by atoms with Crippen molar-refractivity contribution < 1.29 is 24.2 Å². The zero-order chi connectivity index (χ0) is 12.3. The average Bonchev–Trinajstić information content (AvgIpc) is 2.39.